The van der Waals surface area contributed by atoms with Gasteiger partial charge in [0, 0.05) is 18.9 Å². The molecule has 8 nitrogen and oxygen atoms in total. The molecule has 0 fully saturated rings. The van der Waals surface area contributed by atoms with Crippen LogP contribution in [0, 0.1) is 13.8 Å². The number of methoxy groups -OCH3 is 1. The molecule has 0 aliphatic rings. The number of esters is 1. The summed E-state index contributed by atoms with van der Waals surface area (Å²) in [6.07, 6.45) is 3.04. The fourth-order valence-electron chi connectivity index (χ4n) is 2.01. The number of anilines is 1. The lowest BCUT2D eigenvalue weighted by Crippen LogP contribution is -2.14. The highest BCUT2D eigenvalue weighted by Crippen LogP contribution is 2.14. The molecule has 0 atom stereocenters. The number of aromatic nitrogens is 4. The monoisotopic (exact) mass is 291 g/mol. The van der Waals surface area contributed by atoms with Crippen molar-refractivity contribution in [3.63, 3.8) is 0 Å². The molecule has 0 aliphatic carbocycles. The van der Waals surface area contributed by atoms with Crippen LogP contribution in [0.3, 0.4) is 0 Å². The number of carbonyl (C=O) groups excluding carboxylic acids is 2. The Kier molecular flexibility index (Phi) is 4.06. The third-order valence-corrected chi connectivity index (χ3v) is 3.15. The Bertz CT molecular complexity index is 686. The number of carbonyl (C=O) groups is 2. The maximum atomic E-state index is 12.3. The lowest BCUT2D eigenvalue weighted by molar-refractivity contribution is -0.141. The van der Waals surface area contributed by atoms with Crippen molar-refractivity contribution in [3.8, 4) is 0 Å². The molecule has 0 radical (unpaired) electrons. The largest absolute Gasteiger partial charge is 0.468 e. The smallest absolute Gasteiger partial charge is 0.327 e. The molecule has 0 saturated carbocycles. The summed E-state index contributed by atoms with van der Waals surface area (Å²) in [6.45, 7) is 3.61. The molecule has 0 bridgehead atoms. The predicted molar refractivity (Wildman–Crippen MR) is 74.9 cm³/mol. The van der Waals surface area contributed by atoms with E-state index in [1.165, 1.54) is 18.0 Å². The highest BCUT2D eigenvalue weighted by molar-refractivity contribution is 6.05. The quantitative estimate of drug-likeness (QED) is 0.836. The zero-order valence-corrected chi connectivity index (χ0v) is 12.4. The number of aryl methyl sites for hydroxylation is 2. The molecule has 0 aromatic carbocycles. The van der Waals surface area contributed by atoms with Gasteiger partial charge in [-0.2, -0.15) is 10.2 Å². The molecule has 1 N–H and O–H groups in total. The SMILES string of the molecule is COC(=O)Cn1cc(NC(=O)c2c(C)nn(C)c2C)cn1. The molecule has 0 saturated heterocycles. The summed E-state index contributed by atoms with van der Waals surface area (Å²) >= 11 is 0. The average molecular weight is 291 g/mol. The van der Waals surface area contributed by atoms with Gasteiger partial charge >= 0.3 is 5.97 Å². The molecule has 2 aromatic heterocycles. The van der Waals surface area contributed by atoms with E-state index in [9.17, 15) is 9.59 Å². The first-order valence-corrected chi connectivity index (χ1v) is 6.33. The molecule has 112 valence electrons. The Morgan fingerprint density at radius 3 is 2.67 bits per heavy atom. The molecule has 0 unspecified atom stereocenters. The first-order chi connectivity index (χ1) is 9.92. The highest BCUT2D eigenvalue weighted by Gasteiger charge is 2.18. The molecule has 21 heavy (non-hydrogen) atoms. The van der Waals surface area contributed by atoms with Gasteiger partial charge in [-0.1, -0.05) is 0 Å². The van der Waals surface area contributed by atoms with E-state index in [1.807, 2.05) is 6.92 Å². The highest BCUT2D eigenvalue weighted by atomic mass is 16.5. The summed E-state index contributed by atoms with van der Waals surface area (Å²) in [5, 5.41) is 10.9. The Balaban J connectivity index is 2.11. The average Bonchev–Trinajstić information content (AvgIpc) is 2.95. The lowest BCUT2D eigenvalue weighted by Gasteiger charge is -2.03. The summed E-state index contributed by atoms with van der Waals surface area (Å²) in [5.74, 6) is -0.661. The summed E-state index contributed by atoms with van der Waals surface area (Å²) < 4.78 is 7.60. The van der Waals surface area contributed by atoms with Crippen LogP contribution in [0.1, 0.15) is 21.7 Å². The first kappa shape index (κ1) is 14.8. The second-order valence-electron chi connectivity index (χ2n) is 4.63. The second kappa shape index (κ2) is 5.78. The van der Waals surface area contributed by atoms with Crippen LogP contribution in [-0.2, 0) is 23.1 Å². The van der Waals surface area contributed by atoms with E-state index in [2.05, 4.69) is 20.3 Å². The minimum absolute atomic E-state index is 0.00266. The van der Waals surface area contributed by atoms with E-state index in [0.717, 1.165) is 5.69 Å². The molecule has 0 spiro atoms. The molecule has 1 amide bonds. The molecule has 2 rings (SSSR count). The topological polar surface area (TPSA) is 91.0 Å². The van der Waals surface area contributed by atoms with E-state index in [1.54, 1.807) is 24.9 Å². The van der Waals surface area contributed by atoms with Crippen molar-refractivity contribution in [3.05, 3.63) is 29.3 Å². The third kappa shape index (κ3) is 3.10. The van der Waals surface area contributed by atoms with Crippen LogP contribution in [0.4, 0.5) is 5.69 Å². The van der Waals surface area contributed by atoms with Crippen LogP contribution in [0.2, 0.25) is 0 Å². The van der Waals surface area contributed by atoms with Crippen LogP contribution in [0.25, 0.3) is 0 Å². The number of hydrogen-bond donors (Lipinski definition) is 1. The lowest BCUT2D eigenvalue weighted by atomic mass is 10.2. The minimum Gasteiger partial charge on any atom is -0.468 e. The minimum atomic E-state index is -0.407. The van der Waals surface area contributed by atoms with E-state index >= 15 is 0 Å². The van der Waals surface area contributed by atoms with Crippen molar-refractivity contribution < 1.29 is 14.3 Å². The predicted octanol–water partition coefficient (Wildman–Crippen LogP) is 0.659. The summed E-state index contributed by atoms with van der Waals surface area (Å²) in [5.41, 5.74) is 2.49. The molecule has 0 aliphatic heterocycles. The zero-order chi connectivity index (χ0) is 15.6. The Labute approximate surface area is 121 Å². The summed E-state index contributed by atoms with van der Waals surface area (Å²) in [4.78, 5) is 23.4. The van der Waals surface area contributed by atoms with Gasteiger partial charge in [0.05, 0.1) is 30.3 Å². The van der Waals surface area contributed by atoms with Crippen LogP contribution in [-0.4, -0.2) is 38.5 Å². The van der Waals surface area contributed by atoms with E-state index in [4.69, 9.17) is 0 Å². The van der Waals surface area contributed by atoms with Crippen molar-refractivity contribution in [1.82, 2.24) is 19.6 Å². The van der Waals surface area contributed by atoms with Crippen molar-refractivity contribution in [1.29, 1.82) is 0 Å². The van der Waals surface area contributed by atoms with E-state index < -0.39 is 5.97 Å². The molecule has 2 aromatic rings. The normalized spacial score (nSPS) is 10.5. The van der Waals surface area contributed by atoms with Gasteiger partial charge in [0.2, 0.25) is 0 Å². The van der Waals surface area contributed by atoms with E-state index in [-0.39, 0.29) is 12.5 Å². The third-order valence-electron chi connectivity index (χ3n) is 3.15. The van der Waals surface area contributed by atoms with E-state index in [0.29, 0.717) is 16.9 Å². The van der Waals surface area contributed by atoms with Gasteiger partial charge in [0.25, 0.3) is 5.91 Å². The number of rotatable bonds is 4. The Hall–Kier alpha value is -2.64. The van der Waals surface area contributed by atoms with Gasteiger partial charge in [-0.3, -0.25) is 19.0 Å². The maximum Gasteiger partial charge on any atom is 0.327 e. The van der Waals surface area contributed by atoms with Gasteiger partial charge in [-0.15, -0.1) is 0 Å². The van der Waals surface area contributed by atoms with Gasteiger partial charge < -0.3 is 10.1 Å². The molecular weight excluding hydrogens is 274 g/mol. The fourth-order valence-corrected chi connectivity index (χ4v) is 2.01. The van der Waals surface area contributed by atoms with Gasteiger partial charge in [-0.05, 0) is 13.8 Å². The van der Waals surface area contributed by atoms with Gasteiger partial charge in [-0.25, -0.2) is 0 Å². The van der Waals surface area contributed by atoms with Crippen molar-refractivity contribution in [2.45, 2.75) is 20.4 Å². The Morgan fingerprint density at radius 1 is 1.38 bits per heavy atom. The zero-order valence-electron chi connectivity index (χ0n) is 12.4. The number of nitrogens with one attached hydrogen (secondary N) is 1. The number of ether oxygens (including phenoxy) is 1. The van der Waals surface area contributed by atoms with Gasteiger partial charge in [0.15, 0.2) is 0 Å². The fraction of sp³-hybridized carbons (Fsp3) is 0.385. The molecule has 8 heteroatoms. The number of amides is 1. The maximum absolute atomic E-state index is 12.3. The summed E-state index contributed by atoms with van der Waals surface area (Å²) in [7, 11) is 3.09. The van der Waals surface area contributed by atoms with Crippen LogP contribution in [0.5, 0.6) is 0 Å². The van der Waals surface area contributed by atoms with Crippen LogP contribution in [0.15, 0.2) is 12.4 Å². The van der Waals surface area contributed by atoms with Gasteiger partial charge in [0.1, 0.15) is 6.54 Å². The number of hydrogen-bond acceptors (Lipinski definition) is 5. The second-order valence-corrected chi connectivity index (χ2v) is 4.63. The van der Waals surface area contributed by atoms with Crippen LogP contribution >= 0.6 is 0 Å². The van der Waals surface area contributed by atoms with Crippen molar-refractivity contribution >= 4 is 17.6 Å². The molecular formula is C13H17N5O3. The first-order valence-electron chi connectivity index (χ1n) is 6.33. The number of nitrogens with zero attached hydrogens (tertiary/aromatic N) is 4. The summed E-state index contributed by atoms with van der Waals surface area (Å²) in [6, 6.07) is 0. The van der Waals surface area contributed by atoms with Crippen LogP contribution < -0.4 is 5.32 Å². The van der Waals surface area contributed by atoms with Crippen molar-refractivity contribution in [2.75, 3.05) is 12.4 Å². The van der Waals surface area contributed by atoms with Crippen molar-refractivity contribution in [2.24, 2.45) is 7.05 Å². The standard InChI is InChI=1S/C13H17N5O3/c1-8-12(9(2)17(3)16-8)13(20)15-10-5-14-18(6-10)7-11(19)21-4/h5-6H,7H2,1-4H3,(H,15,20). The Morgan fingerprint density at radius 2 is 2.10 bits per heavy atom. The molecule has 2 heterocycles.